The summed E-state index contributed by atoms with van der Waals surface area (Å²) in [7, 11) is 0. The molecule has 0 saturated carbocycles. The Kier molecular flexibility index (Phi) is 69.4. The number of hydrogen-bond donors (Lipinski definition) is 6. The maximum Gasteiger partial charge on any atom is 0.305 e. The lowest BCUT2D eigenvalue weighted by molar-refractivity contribution is -0.302. The molecule has 1 aliphatic rings. The van der Waals surface area contributed by atoms with Gasteiger partial charge in [0.2, 0.25) is 5.91 Å². The Morgan fingerprint density at radius 2 is 0.681 bits per heavy atom. The minimum Gasteiger partial charge on any atom is -0.466 e. The lowest BCUT2D eigenvalue weighted by Crippen LogP contribution is -2.60. The minimum absolute atomic E-state index is 0.00900. The van der Waals surface area contributed by atoms with E-state index in [9.17, 15) is 35.1 Å². The summed E-state index contributed by atoms with van der Waals surface area (Å²) in [6.45, 7) is 4.39. The Balaban J connectivity index is 1.89. The number of hydrogen-bond acceptors (Lipinski definition) is 10. The molecule has 1 heterocycles. The van der Waals surface area contributed by atoms with E-state index in [1.807, 2.05) is 6.08 Å². The molecule has 0 aliphatic carbocycles. The fourth-order valence-corrected chi connectivity index (χ4v) is 13.6. The minimum atomic E-state index is -1.57. The van der Waals surface area contributed by atoms with Gasteiger partial charge in [-0.25, -0.2) is 0 Å². The van der Waals surface area contributed by atoms with E-state index in [0.717, 1.165) is 57.8 Å². The zero-order valence-electron chi connectivity index (χ0n) is 62.2. The van der Waals surface area contributed by atoms with Crippen LogP contribution in [0.4, 0.5) is 0 Å². The highest BCUT2D eigenvalue weighted by molar-refractivity contribution is 5.76. The molecule has 11 nitrogen and oxygen atoms in total. The van der Waals surface area contributed by atoms with Gasteiger partial charge in [-0.1, -0.05) is 385 Å². The van der Waals surface area contributed by atoms with Crippen molar-refractivity contribution in [2.24, 2.45) is 0 Å². The maximum atomic E-state index is 13.1. The first-order chi connectivity index (χ1) is 46.2. The number of esters is 1. The molecule has 0 aromatic carbocycles. The molecule has 0 aromatic rings. The summed E-state index contributed by atoms with van der Waals surface area (Å²) in [5, 5.41) is 54.7. The van der Waals surface area contributed by atoms with E-state index in [1.54, 1.807) is 6.08 Å². The van der Waals surface area contributed by atoms with Gasteiger partial charge in [0.15, 0.2) is 6.29 Å². The lowest BCUT2D eigenvalue weighted by Gasteiger charge is -2.40. The van der Waals surface area contributed by atoms with Crippen molar-refractivity contribution in [1.29, 1.82) is 0 Å². The molecule has 0 radical (unpaired) electrons. The number of nitrogens with one attached hydrogen (secondary N) is 1. The van der Waals surface area contributed by atoms with Crippen molar-refractivity contribution in [2.45, 2.75) is 474 Å². The summed E-state index contributed by atoms with van der Waals surface area (Å²) in [4.78, 5) is 25.2. The zero-order chi connectivity index (χ0) is 67.9. The second-order valence-corrected chi connectivity index (χ2v) is 29.2. The zero-order valence-corrected chi connectivity index (χ0v) is 62.2. The molecule has 1 fully saturated rings. The maximum absolute atomic E-state index is 13.1. The van der Waals surface area contributed by atoms with Gasteiger partial charge < -0.3 is 45.1 Å². The molecular weight excluding hydrogens is 1170 g/mol. The van der Waals surface area contributed by atoms with E-state index in [2.05, 4.69) is 31.3 Å². The van der Waals surface area contributed by atoms with Crippen LogP contribution in [0.3, 0.4) is 0 Å². The topological polar surface area (TPSA) is 175 Å². The first-order valence-electron chi connectivity index (χ1n) is 41.6. The van der Waals surface area contributed by atoms with Crippen LogP contribution in [0, 0.1) is 0 Å². The Hall–Kier alpha value is -1.86. The third-order valence-corrected chi connectivity index (χ3v) is 20.1. The van der Waals surface area contributed by atoms with Crippen LogP contribution in [0.1, 0.15) is 431 Å². The van der Waals surface area contributed by atoms with Crippen molar-refractivity contribution in [3.8, 4) is 0 Å². The first kappa shape index (κ1) is 90.2. The molecule has 7 unspecified atom stereocenters. The number of amides is 1. The summed E-state index contributed by atoms with van der Waals surface area (Å²) in [5.74, 6) is -0.163. The van der Waals surface area contributed by atoms with Crippen LogP contribution in [0.5, 0.6) is 0 Å². The molecule has 7 atom stereocenters. The average molecular weight is 1330 g/mol. The van der Waals surface area contributed by atoms with Gasteiger partial charge in [-0.2, -0.15) is 0 Å². The third kappa shape index (κ3) is 60.1. The largest absolute Gasteiger partial charge is 0.466 e. The second kappa shape index (κ2) is 72.4. The van der Waals surface area contributed by atoms with Crippen molar-refractivity contribution in [3.05, 3.63) is 24.3 Å². The molecule has 556 valence electrons. The van der Waals surface area contributed by atoms with Gasteiger partial charge >= 0.3 is 5.97 Å². The highest BCUT2D eigenvalue weighted by Gasteiger charge is 2.44. The number of allylic oxidation sites excluding steroid dienone is 3. The number of carbonyl (C=O) groups excluding carboxylic acids is 2. The van der Waals surface area contributed by atoms with Crippen LogP contribution < -0.4 is 5.32 Å². The van der Waals surface area contributed by atoms with Crippen molar-refractivity contribution in [2.75, 3.05) is 19.8 Å². The van der Waals surface area contributed by atoms with E-state index in [-0.39, 0.29) is 18.5 Å². The smallest absolute Gasteiger partial charge is 0.305 e. The molecule has 1 aliphatic heterocycles. The summed E-state index contributed by atoms with van der Waals surface area (Å²) < 4.78 is 16.8. The van der Waals surface area contributed by atoms with Gasteiger partial charge in [-0.3, -0.25) is 9.59 Å². The number of aliphatic hydroxyl groups is 5. The van der Waals surface area contributed by atoms with Gasteiger partial charge in [0.1, 0.15) is 24.4 Å². The first-order valence-corrected chi connectivity index (χ1v) is 41.6. The summed E-state index contributed by atoms with van der Waals surface area (Å²) >= 11 is 0. The van der Waals surface area contributed by atoms with Crippen LogP contribution in [0.15, 0.2) is 24.3 Å². The van der Waals surface area contributed by atoms with Gasteiger partial charge in [0.25, 0.3) is 0 Å². The van der Waals surface area contributed by atoms with Crippen molar-refractivity contribution >= 4 is 11.9 Å². The van der Waals surface area contributed by atoms with Crippen LogP contribution in [0.25, 0.3) is 0 Å². The monoisotopic (exact) mass is 1330 g/mol. The van der Waals surface area contributed by atoms with E-state index >= 15 is 0 Å². The number of ether oxygens (including phenoxy) is 3. The van der Waals surface area contributed by atoms with Crippen LogP contribution in [-0.2, 0) is 23.8 Å². The predicted octanol–water partition coefficient (Wildman–Crippen LogP) is 22.7. The van der Waals surface area contributed by atoms with E-state index in [4.69, 9.17) is 14.2 Å². The quantitative estimate of drug-likeness (QED) is 0.0195. The molecule has 11 heteroatoms. The SMILES string of the molecule is CCCCC/C=C\CCCCCCCC(=O)OCCCCCCCCCCCCCCCCCCCCCCCCCCCCCCCCCCCCCCCCCC(=O)NC(COC1OC(CO)C(O)C(O)C1O)C(O)/C=C/CCCCCCCCCCCCCCC. The number of rotatable bonds is 75. The van der Waals surface area contributed by atoms with E-state index in [0.29, 0.717) is 19.4 Å². The Morgan fingerprint density at radius 3 is 1.04 bits per heavy atom. The third-order valence-electron chi connectivity index (χ3n) is 20.1. The summed E-state index contributed by atoms with van der Waals surface area (Å²) in [6.07, 6.45) is 83.6. The highest BCUT2D eigenvalue weighted by atomic mass is 16.7. The van der Waals surface area contributed by atoms with E-state index in [1.165, 1.54) is 347 Å². The fraction of sp³-hybridized carbons (Fsp3) is 0.928. The molecule has 6 N–H and O–H groups in total. The molecule has 0 aromatic heterocycles. The molecule has 1 saturated heterocycles. The highest BCUT2D eigenvalue weighted by Crippen LogP contribution is 2.24. The van der Waals surface area contributed by atoms with Crippen LogP contribution in [0.2, 0.25) is 0 Å². The van der Waals surface area contributed by atoms with Gasteiger partial charge in [-0.05, 0) is 57.8 Å². The average Bonchev–Trinajstić information content (AvgIpc) is 0.856. The molecule has 1 rings (SSSR count). The Labute approximate surface area is 581 Å². The number of carbonyl (C=O) groups is 2. The van der Waals surface area contributed by atoms with Gasteiger partial charge in [0, 0.05) is 12.8 Å². The molecule has 0 spiro atoms. The van der Waals surface area contributed by atoms with Crippen molar-refractivity contribution in [3.63, 3.8) is 0 Å². The summed E-state index contributed by atoms with van der Waals surface area (Å²) in [5.41, 5.74) is 0. The van der Waals surface area contributed by atoms with Gasteiger partial charge in [0.05, 0.1) is 32.0 Å². The number of aliphatic hydroxyl groups excluding tert-OH is 5. The lowest BCUT2D eigenvalue weighted by atomic mass is 9.99. The fourth-order valence-electron chi connectivity index (χ4n) is 13.6. The van der Waals surface area contributed by atoms with Crippen molar-refractivity contribution < 1.29 is 49.3 Å². The van der Waals surface area contributed by atoms with Crippen LogP contribution in [-0.4, -0.2) is 100 Å². The van der Waals surface area contributed by atoms with Crippen LogP contribution >= 0.6 is 0 Å². The molecule has 0 bridgehead atoms. The van der Waals surface area contributed by atoms with Crippen molar-refractivity contribution in [1.82, 2.24) is 5.32 Å². The predicted molar refractivity (Wildman–Crippen MR) is 398 cm³/mol. The molecule has 1 amide bonds. The summed E-state index contributed by atoms with van der Waals surface area (Å²) in [6, 6.07) is -0.805. The molecular formula is C83H159NO10. The van der Waals surface area contributed by atoms with Gasteiger partial charge in [-0.15, -0.1) is 0 Å². The Bertz CT molecular complexity index is 1610. The number of unbranched alkanes of at least 4 members (excludes halogenated alkanes) is 59. The second-order valence-electron chi connectivity index (χ2n) is 29.2. The normalized spacial score (nSPS) is 17.5. The van der Waals surface area contributed by atoms with E-state index < -0.39 is 49.5 Å². The Morgan fingerprint density at radius 1 is 0.383 bits per heavy atom. The molecule has 94 heavy (non-hydrogen) atoms. The standard InChI is InChI=1S/C83H159NO10/c1-3-5-7-9-11-13-15-17-43-46-49-53-57-61-65-69-76(86)75(74-93-83-82(91)81(90)80(89)77(73-85)94-83)84-78(87)70-66-62-58-54-50-47-44-41-39-37-35-33-31-29-27-25-23-21-19-18-20-22-24-26-28-30-32-34-36-38-40-42-45-48-52-56-60-64-68-72-92-79(88)71-67-63-59-55-51-16-14-12-10-8-6-4-2/h12,14,65,69,75-77,80-83,85-86,89-91H,3-11,13,15-64,66-68,70-74H2,1-2H3,(H,84,87)/b14-12-,69-65+.